The molecule has 0 spiro atoms. The van der Waals surface area contributed by atoms with Crippen molar-refractivity contribution in [2.75, 3.05) is 6.54 Å². The third kappa shape index (κ3) is 5.19. The van der Waals surface area contributed by atoms with Gasteiger partial charge in [-0.2, -0.15) is 0 Å². The van der Waals surface area contributed by atoms with Crippen LogP contribution in [0, 0.1) is 0 Å². The molecule has 0 heterocycles. The van der Waals surface area contributed by atoms with Crippen molar-refractivity contribution >= 4 is 5.91 Å². The Morgan fingerprint density at radius 3 is 2.39 bits per heavy atom. The lowest BCUT2D eigenvalue weighted by molar-refractivity contribution is -0.121. The Morgan fingerprint density at radius 1 is 1.22 bits per heavy atom. The van der Waals surface area contributed by atoms with E-state index in [2.05, 4.69) is 24.5 Å². The van der Waals surface area contributed by atoms with Crippen molar-refractivity contribution < 1.29 is 9.90 Å². The van der Waals surface area contributed by atoms with Crippen molar-refractivity contribution in [1.29, 1.82) is 0 Å². The second-order valence-corrected chi connectivity index (χ2v) is 4.35. The van der Waals surface area contributed by atoms with E-state index in [9.17, 15) is 4.79 Å². The van der Waals surface area contributed by atoms with Crippen molar-refractivity contribution in [3.8, 4) is 5.75 Å². The van der Waals surface area contributed by atoms with Crippen molar-refractivity contribution in [1.82, 2.24) is 10.6 Å². The van der Waals surface area contributed by atoms with Gasteiger partial charge >= 0.3 is 0 Å². The van der Waals surface area contributed by atoms with E-state index < -0.39 is 0 Å². The predicted molar refractivity (Wildman–Crippen MR) is 72.3 cm³/mol. The van der Waals surface area contributed by atoms with E-state index in [1.807, 2.05) is 12.1 Å². The molecule has 0 radical (unpaired) electrons. The predicted octanol–water partition coefficient (Wildman–Crippen LogP) is 1.79. The second-order valence-electron chi connectivity index (χ2n) is 4.35. The standard InChI is InChI=1S/C14H22N2O2/c1-3-12(4-2)16-14(18)10-15-9-11-5-7-13(17)8-6-11/h5-8,12,15,17H,3-4,9-10H2,1-2H3,(H,16,18). The number of rotatable bonds is 7. The molecule has 1 aromatic carbocycles. The monoisotopic (exact) mass is 250 g/mol. The Bertz CT molecular complexity index is 359. The third-order valence-electron chi connectivity index (χ3n) is 2.90. The number of nitrogens with one attached hydrogen (secondary N) is 2. The first kappa shape index (κ1) is 14.5. The SMILES string of the molecule is CCC(CC)NC(=O)CNCc1ccc(O)cc1. The average molecular weight is 250 g/mol. The largest absolute Gasteiger partial charge is 0.508 e. The molecule has 0 saturated heterocycles. The topological polar surface area (TPSA) is 61.4 Å². The van der Waals surface area contributed by atoms with Crippen LogP contribution < -0.4 is 10.6 Å². The Labute approximate surface area is 108 Å². The fourth-order valence-electron chi connectivity index (χ4n) is 1.71. The number of hydrogen-bond acceptors (Lipinski definition) is 3. The molecule has 0 saturated carbocycles. The molecule has 0 aromatic heterocycles. The number of aromatic hydroxyl groups is 1. The summed E-state index contributed by atoms with van der Waals surface area (Å²) in [7, 11) is 0. The first-order valence-corrected chi connectivity index (χ1v) is 6.43. The first-order valence-electron chi connectivity index (χ1n) is 6.43. The molecule has 0 fully saturated rings. The van der Waals surface area contributed by atoms with Gasteiger partial charge in [0.05, 0.1) is 6.54 Å². The van der Waals surface area contributed by atoms with Crippen molar-refractivity contribution in [3.05, 3.63) is 29.8 Å². The molecule has 4 heteroatoms. The van der Waals surface area contributed by atoms with Gasteiger partial charge in [0.2, 0.25) is 5.91 Å². The number of carbonyl (C=O) groups excluding carboxylic acids is 1. The maximum absolute atomic E-state index is 11.6. The summed E-state index contributed by atoms with van der Waals surface area (Å²) >= 11 is 0. The minimum atomic E-state index is 0.0301. The molecule has 0 aliphatic carbocycles. The van der Waals surface area contributed by atoms with Crippen LogP contribution in [0.1, 0.15) is 32.3 Å². The van der Waals surface area contributed by atoms with Crippen LogP contribution >= 0.6 is 0 Å². The van der Waals surface area contributed by atoms with E-state index in [0.717, 1.165) is 18.4 Å². The quantitative estimate of drug-likeness (QED) is 0.691. The summed E-state index contributed by atoms with van der Waals surface area (Å²) in [6.45, 7) is 5.07. The Morgan fingerprint density at radius 2 is 1.83 bits per heavy atom. The van der Waals surface area contributed by atoms with E-state index in [1.165, 1.54) is 0 Å². The summed E-state index contributed by atoms with van der Waals surface area (Å²) in [6, 6.07) is 7.22. The highest BCUT2D eigenvalue weighted by atomic mass is 16.3. The molecule has 1 aromatic rings. The minimum Gasteiger partial charge on any atom is -0.508 e. The van der Waals surface area contributed by atoms with Crippen LogP contribution in [0.25, 0.3) is 0 Å². The van der Waals surface area contributed by atoms with Gasteiger partial charge in [-0.25, -0.2) is 0 Å². The summed E-state index contributed by atoms with van der Waals surface area (Å²) in [5.74, 6) is 0.285. The Hall–Kier alpha value is -1.55. The highest BCUT2D eigenvalue weighted by Gasteiger charge is 2.07. The molecule has 100 valence electrons. The maximum Gasteiger partial charge on any atom is 0.234 e. The first-order chi connectivity index (χ1) is 8.65. The molecule has 0 bridgehead atoms. The fraction of sp³-hybridized carbons (Fsp3) is 0.500. The van der Waals surface area contributed by atoms with Gasteiger partial charge in [0.25, 0.3) is 0 Å². The van der Waals surface area contributed by atoms with Gasteiger partial charge in [-0.1, -0.05) is 26.0 Å². The molecule has 18 heavy (non-hydrogen) atoms. The molecular formula is C14H22N2O2. The zero-order valence-corrected chi connectivity index (χ0v) is 11.1. The molecule has 1 amide bonds. The fourth-order valence-corrected chi connectivity index (χ4v) is 1.71. The average Bonchev–Trinajstić information content (AvgIpc) is 2.38. The number of amides is 1. The van der Waals surface area contributed by atoms with Crippen LogP contribution in [-0.2, 0) is 11.3 Å². The molecule has 1 rings (SSSR count). The van der Waals surface area contributed by atoms with Crippen LogP contribution in [0.15, 0.2) is 24.3 Å². The molecule has 0 unspecified atom stereocenters. The number of hydrogen-bond donors (Lipinski definition) is 3. The molecule has 0 atom stereocenters. The van der Waals surface area contributed by atoms with Crippen molar-refractivity contribution in [2.24, 2.45) is 0 Å². The minimum absolute atomic E-state index is 0.0301. The van der Waals surface area contributed by atoms with Gasteiger partial charge in [-0.3, -0.25) is 4.79 Å². The number of benzene rings is 1. The van der Waals surface area contributed by atoms with E-state index in [-0.39, 0.29) is 17.7 Å². The van der Waals surface area contributed by atoms with Crippen molar-refractivity contribution in [3.63, 3.8) is 0 Å². The number of phenols is 1. The van der Waals surface area contributed by atoms with E-state index in [4.69, 9.17) is 5.11 Å². The third-order valence-corrected chi connectivity index (χ3v) is 2.90. The summed E-state index contributed by atoms with van der Waals surface area (Å²) in [5, 5.41) is 15.2. The van der Waals surface area contributed by atoms with E-state index >= 15 is 0 Å². The van der Waals surface area contributed by atoms with Gasteiger partial charge < -0.3 is 15.7 Å². The van der Waals surface area contributed by atoms with Crippen LogP contribution in [0.4, 0.5) is 0 Å². The highest BCUT2D eigenvalue weighted by molar-refractivity contribution is 5.78. The van der Waals surface area contributed by atoms with Crippen LogP contribution in [-0.4, -0.2) is 23.6 Å². The summed E-state index contributed by atoms with van der Waals surface area (Å²) in [5.41, 5.74) is 1.04. The molecular weight excluding hydrogens is 228 g/mol. The van der Waals surface area contributed by atoms with Crippen LogP contribution in [0.5, 0.6) is 5.75 Å². The van der Waals surface area contributed by atoms with Gasteiger partial charge in [-0.05, 0) is 30.5 Å². The lowest BCUT2D eigenvalue weighted by Gasteiger charge is -2.14. The van der Waals surface area contributed by atoms with Gasteiger partial charge in [0.15, 0.2) is 0 Å². The molecule has 0 aliphatic heterocycles. The summed E-state index contributed by atoms with van der Waals surface area (Å²) < 4.78 is 0. The lowest BCUT2D eigenvalue weighted by atomic mass is 10.2. The summed E-state index contributed by atoms with van der Waals surface area (Å²) in [6.07, 6.45) is 1.92. The maximum atomic E-state index is 11.6. The van der Waals surface area contributed by atoms with E-state index in [0.29, 0.717) is 13.1 Å². The van der Waals surface area contributed by atoms with Crippen molar-refractivity contribution in [2.45, 2.75) is 39.3 Å². The molecule has 3 N–H and O–H groups in total. The highest BCUT2D eigenvalue weighted by Crippen LogP contribution is 2.08. The smallest absolute Gasteiger partial charge is 0.234 e. The van der Waals surface area contributed by atoms with Gasteiger partial charge in [0.1, 0.15) is 5.75 Å². The molecule has 0 aliphatic rings. The van der Waals surface area contributed by atoms with E-state index in [1.54, 1.807) is 12.1 Å². The lowest BCUT2D eigenvalue weighted by Crippen LogP contribution is -2.39. The molecule has 4 nitrogen and oxygen atoms in total. The number of phenolic OH excluding ortho intramolecular Hbond substituents is 1. The van der Waals surface area contributed by atoms with Crippen LogP contribution in [0.3, 0.4) is 0 Å². The number of carbonyl (C=O) groups is 1. The van der Waals surface area contributed by atoms with Crippen LogP contribution in [0.2, 0.25) is 0 Å². The normalized spacial score (nSPS) is 10.6. The zero-order valence-electron chi connectivity index (χ0n) is 11.1. The summed E-state index contributed by atoms with van der Waals surface area (Å²) in [4.78, 5) is 11.6. The van der Waals surface area contributed by atoms with Gasteiger partial charge in [-0.15, -0.1) is 0 Å². The zero-order chi connectivity index (χ0) is 13.4. The Balaban J connectivity index is 2.25. The Kier molecular flexibility index (Phi) is 6.22. The second kappa shape index (κ2) is 7.71. The van der Waals surface area contributed by atoms with Gasteiger partial charge in [0, 0.05) is 12.6 Å².